The molecule has 1 N–H and O–H groups in total. The summed E-state index contributed by atoms with van der Waals surface area (Å²) in [7, 11) is 1.63. The number of ether oxygens (including phenoxy) is 1. The molecule has 2 aliphatic carbocycles. The molecular weight excluding hydrogens is 328 g/mol. The Morgan fingerprint density at radius 3 is 2.81 bits per heavy atom. The van der Waals surface area contributed by atoms with Gasteiger partial charge in [-0.3, -0.25) is 4.79 Å². The van der Waals surface area contributed by atoms with Gasteiger partial charge >= 0.3 is 0 Å². The standard InChI is InChI=1S/C20H30N4O2/c1-13-15-5-3-4-6-17(15)23-20(21-13)24-11-16(14-7-8-14)18(12-24)22-19(25)9-10-26-2/h14,16,18H,3-12H2,1-2H3,(H,22,25)/t16-,18+/m1/s1. The second-order valence-electron chi connectivity index (χ2n) is 8.06. The molecule has 0 bridgehead atoms. The topological polar surface area (TPSA) is 67.3 Å². The van der Waals surface area contributed by atoms with Crippen molar-refractivity contribution in [2.45, 2.75) is 57.9 Å². The number of amides is 1. The molecule has 1 saturated heterocycles. The molecule has 0 spiro atoms. The lowest BCUT2D eigenvalue weighted by Gasteiger charge is -2.22. The largest absolute Gasteiger partial charge is 0.384 e. The maximum absolute atomic E-state index is 12.2. The number of anilines is 1. The lowest BCUT2D eigenvalue weighted by molar-refractivity contribution is -0.122. The molecule has 1 aliphatic heterocycles. The number of carbonyl (C=O) groups excluding carboxylic acids is 1. The van der Waals surface area contributed by atoms with E-state index in [1.54, 1.807) is 7.11 Å². The summed E-state index contributed by atoms with van der Waals surface area (Å²) in [5, 5.41) is 3.25. The lowest BCUT2D eigenvalue weighted by Crippen LogP contribution is -2.41. The highest BCUT2D eigenvalue weighted by molar-refractivity contribution is 5.76. The first-order chi connectivity index (χ1) is 12.7. The van der Waals surface area contributed by atoms with Gasteiger partial charge in [-0.1, -0.05) is 0 Å². The number of aromatic nitrogens is 2. The summed E-state index contributed by atoms with van der Waals surface area (Å²) >= 11 is 0. The molecule has 6 heteroatoms. The minimum Gasteiger partial charge on any atom is -0.384 e. The summed E-state index contributed by atoms with van der Waals surface area (Å²) in [5.74, 6) is 2.21. The highest BCUT2D eigenvalue weighted by atomic mass is 16.5. The number of hydrogen-bond acceptors (Lipinski definition) is 5. The van der Waals surface area contributed by atoms with Gasteiger partial charge in [-0.2, -0.15) is 0 Å². The van der Waals surface area contributed by atoms with Crippen molar-refractivity contribution in [3.05, 3.63) is 17.0 Å². The number of hydrogen-bond donors (Lipinski definition) is 1. The fourth-order valence-corrected chi connectivity index (χ4v) is 4.53. The Kier molecular flexibility index (Phi) is 5.11. The van der Waals surface area contributed by atoms with Gasteiger partial charge in [0, 0.05) is 43.9 Å². The zero-order chi connectivity index (χ0) is 18.1. The monoisotopic (exact) mass is 358 g/mol. The predicted molar refractivity (Wildman–Crippen MR) is 100 cm³/mol. The van der Waals surface area contributed by atoms with E-state index in [0.717, 1.165) is 43.5 Å². The Balaban J connectivity index is 1.49. The van der Waals surface area contributed by atoms with Crippen LogP contribution in [0.15, 0.2) is 0 Å². The summed E-state index contributed by atoms with van der Waals surface area (Å²) in [6, 6.07) is 0.201. The van der Waals surface area contributed by atoms with Crippen molar-refractivity contribution in [3.63, 3.8) is 0 Å². The van der Waals surface area contributed by atoms with Gasteiger partial charge in [0.05, 0.1) is 12.6 Å². The molecule has 1 aromatic rings. The molecule has 0 unspecified atom stereocenters. The van der Waals surface area contributed by atoms with Crippen molar-refractivity contribution in [1.82, 2.24) is 15.3 Å². The Morgan fingerprint density at radius 2 is 2.04 bits per heavy atom. The first kappa shape index (κ1) is 17.7. The molecular formula is C20H30N4O2. The van der Waals surface area contributed by atoms with Crippen LogP contribution in [-0.4, -0.2) is 48.7 Å². The molecule has 0 radical (unpaired) electrons. The van der Waals surface area contributed by atoms with Crippen LogP contribution < -0.4 is 10.2 Å². The quantitative estimate of drug-likeness (QED) is 0.843. The molecule has 142 valence electrons. The minimum absolute atomic E-state index is 0.0897. The average molecular weight is 358 g/mol. The third-order valence-corrected chi connectivity index (χ3v) is 6.13. The summed E-state index contributed by atoms with van der Waals surface area (Å²) in [5.41, 5.74) is 3.75. The Labute approximate surface area is 155 Å². The summed E-state index contributed by atoms with van der Waals surface area (Å²) in [4.78, 5) is 24.2. The normalized spacial score (nSPS) is 25.2. The van der Waals surface area contributed by atoms with E-state index in [1.807, 2.05) is 0 Å². The third-order valence-electron chi connectivity index (χ3n) is 6.13. The number of methoxy groups -OCH3 is 1. The van der Waals surface area contributed by atoms with Gasteiger partial charge in [0.2, 0.25) is 11.9 Å². The molecule has 1 saturated carbocycles. The van der Waals surface area contributed by atoms with E-state index in [9.17, 15) is 4.79 Å². The average Bonchev–Trinajstić information content (AvgIpc) is 3.40. The van der Waals surface area contributed by atoms with Crippen LogP contribution in [0.4, 0.5) is 5.95 Å². The summed E-state index contributed by atoms with van der Waals surface area (Å²) < 4.78 is 5.03. The van der Waals surface area contributed by atoms with E-state index in [-0.39, 0.29) is 11.9 Å². The van der Waals surface area contributed by atoms with E-state index < -0.39 is 0 Å². The molecule has 2 heterocycles. The number of aryl methyl sites for hydroxylation is 2. The number of fused-ring (bicyclic) bond motifs is 1. The Bertz CT molecular complexity index is 674. The molecule has 6 nitrogen and oxygen atoms in total. The second-order valence-corrected chi connectivity index (χ2v) is 8.06. The molecule has 2 fully saturated rings. The lowest BCUT2D eigenvalue weighted by atomic mass is 9.95. The minimum atomic E-state index is 0.0897. The van der Waals surface area contributed by atoms with E-state index in [2.05, 4.69) is 17.1 Å². The van der Waals surface area contributed by atoms with Crippen LogP contribution in [0.3, 0.4) is 0 Å². The SMILES string of the molecule is COCCC(=O)N[C@H]1CN(c2nc(C)c3c(n2)CCCC3)C[C@@H]1C1CC1. The third kappa shape index (κ3) is 3.70. The summed E-state index contributed by atoms with van der Waals surface area (Å²) in [6.45, 7) is 4.37. The maximum atomic E-state index is 12.2. The van der Waals surface area contributed by atoms with Crippen molar-refractivity contribution in [2.24, 2.45) is 11.8 Å². The van der Waals surface area contributed by atoms with Gasteiger partial charge < -0.3 is 15.0 Å². The van der Waals surface area contributed by atoms with E-state index >= 15 is 0 Å². The first-order valence-electron chi connectivity index (χ1n) is 10.1. The smallest absolute Gasteiger partial charge is 0.225 e. The number of nitrogens with one attached hydrogen (secondary N) is 1. The number of rotatable bonds is 6. The van der Waals surface area contributed by atoms with Crippen molar-refractivity contribution in [1.29, 1.82) is 0 Å². The zero-order valence-electron chi connectivity index (χ0n) is 16.0. The Morgan fingerprint density at radius 1 is 1.23 bits per heavy atom. The first-order valence-corrected chi connectivity index (χ1v) is 10.1. The van der Waals surface area contributed by atoms with Crippen LogP contribution >= 0.6 is 0 Å². The van der Waals surface area contributed by atoms with Crippen molar-refractivity contribution in [2.75, 3.05) is 31.7 Å². The van der Waals surface area contributed by atoms with Crippen LogP contribution in [0.1, 0.15) is 49.1 Å². The van der Waals surface area contributed by atoms with Crippen molar-refractivity contribution < 1.29 is 9.53 Å². The maximum Gasteiger partial charge on any atom is 0.225 e. The predicted octanol–water partition coefficient (Wildman–Crippen LogP) is 2.03. The zero-order valence-corrected chi connectivity index (χ0v) is 16.0. The molecule has 2 atom stereocenters. The van der Waals surface area contributed by atoms with E-state index in [4.69, 9.17) is 14.7 Å². The molecule has 26 heavy (non-hydrogen) atoms. The van der Waals surface area contributed by atoms with Crippen LogP contribution in [0.5, 0.6) is 0 Å². The molecule has 1 aromatic heterocycles. The summed E-state index contributed by atoms with van der Waals surface area (Å²) in [6.07, 6.45) is 7.66. The fourth-order valence-electron chi connectivity index (χ4n) is 4.53. The van der Waals surface area contributed by atoms with Crippen molar-refractivity contribution >= 4 is 11.9 Å². The van der Waals surface area contributed by atoms with Gasteiger partial charge in [-0.05, 0) is 56.9 Å². The molecule has 0 aromatic carbocycles. The van der Waals surface area contributed by atoms with Crippen molar-refractivity contribution in [3.8, 4) is 0 Å². The van der Waals surface area contributed by atoms with Gasteiger partial charge in [0.25, 0.3) is 0 Å². The molecule has 4 rings (SSSR count). The van der Waals surface area contributed by atoms with Crippen LogP contribution in [-0.2, 0) is 22.4 Å². The van der Waals surface area contributed by atoms with Gasteiger partial charge in [0.15, 0.2) is 0 Å². The highest BCUT2D eigenvalue weighted by Crippen LogP contribution is 2.42. The van der Waals surface area contributed by atoms with Crippen LogP contribution in [0, 0.1) is 18.8 Å². The van der Waals surface area contributed by atoms with Crippen LogP contribution in [0.25, 0.3) is 0 Å². The van der Waals surface area contributed by atoms with Crippen LogP contribution in [0.2, 0.25) is 0 Å². The van der Waals surface area contributed by atoms with E-state index in [1.165, 1.54) is 36.9 Å². The Hall–Kier alpha value is -1.69. The molecule has 3 aliphatic rings. The second kappa shape index (κ2) is 7.51. The number of nitrogens with zero attached hydrogens (tertiary/aromatic N) is 3. The van der Waals surface area contributed by atoms with Gasteiger partial charge in [0.1, 0.15) is 0 Å². The molecule has 1 amide bonds. The number of carbonyl (C=O) groups is 1. The van der Waals surface area contributed by atoms with Gasteiger partial charge in [-0.15, -0.1) is 0 Å². The highest BCUT2D eigenvalue weighted by Gasteiger charge is 2.43. The van der Waals surface area contributed by atoms with Gasteiger partial charge in [-0.25, -0.2) is 9.97 Å². The van der Waals surface area contributed by atoms with E-state index in [0.29, 0.717) is 18.9 Å². The fraction of sp³-hybridized carbons (Fsp3) is 0.750.